The number of carbonyl (C=O) groups excluding carboxylic acids is 1. The number of hydrogen-bond donors (Lipinski definition) is 0. The second kappa shape index (κ2) is 7.11. The van der Waals surface area contributed by atoms with Gasteiger partial charge in [0.15, 0.2) is 6.61 Å². The van der Waals surface area contributed by atoms with E-state index in [1.165, 1.54) is 6.33 Å². The van der Waals surface area contributed by atoms with Crippen LogP contribution in [0.4, 0.5) is 0 Å². The average Bonchev–Trinajstić information content (AvgIpc) is 2.51. The molecule has 128 valence electrons. The first-order chi connectivity index (χ1) is 11.4. The third-order valence-electron chi connectivity index (χ3n) is 4.17. The molecule has 2 aromatic rings. The highest BCUT2D eigenvalue weighted by Crippen LogP contribution is 2.31. The van der Waals surface area contributed by atoms with Gasteiger partial charge in [-0.05, 0) is 30.4 Å². The van der Waals surface area contributed by atoms with E-state index in [-0.39, 0.29) is 12.5 Å². The Hall–Kier alpha value is -1.59. The topological polar surface area (TPSA) is 55.3 Å². The molecule has 1 saturated heterocycles. The van der Waals surface area contributed by atoms with Gasteiger partial charge < -0.3 is 9.64 Å². The van der Waals surface area contributed by atoms with Gasteiger partial charge in [0.1, 0.15) is 6.33 Å². The molecule has 7 heteroatoms. The summed E-state index contributed by atoms with van der Waals surface area (Å²) < 4.78 is 5.66. The molecule has 5 nitrogen and oxygen atoms in total. The number of hydrogen-bond acceptors (Lipinski definition) is 4. The van der Waals surface area contributed by atoms with Gasteiger partial charge in [-0.2, -0.15) is 0 Å². The van der Waals surface area contributed by atoms with Crippen LogP contribution < -0.4 is 4.74 Å². The second-order valence-corrected chi connectivity index (χ2v) is 7.34. The number of piperidine rings is 1. The molecule has 24 heavy (non-hydrogen) atoms. The van der Waals surface area contributed by atoms with E-state index < -0.39 is 0 Å². The fourth-order valence-corrected chi connectivity index (χ4v) is 3.81. The number of fused-ring (bicyclic) bond motifs is 1. The highest BCUT2D eigenvalue weighted by Gasteiger charge is 2.25. The van der Waals surface area contributed by atoms with Crippen LogP contribution in [0.5, 0.6) is 5.88 Å². The number of carbonyl (C=O) groups is 1. The zero-order valence-corrected chi connectivity index (χ0v) is 15.1. The Balaban J connectivity index is 1.75. The lowest BCUT2D eigenvalue weighted by Crippen LogP contribution is -2.44. The van der Waals surface area contributed by atoms with Crippen LogP contribution in [0.2, 0.25) is 10.0 Å². The Morgan fingerprint density at radius 2 is 1.96 bits per heavy atom. The maximum Gasteiger partial charge on any atom is 0.260 e. The number of nitrogens with zero attached hydrogens (tertiary/aromatic N) is 3. The van der Waals surface area contributed by atoms with E-state index in [4.69, 9.17) is 27.9 Å². The molecule has 3 rings (SSSR count). The summed E-state index contributed by atoms with van der Waals surface area (Å²) in [5.74, 6) is 1.30. The fourth-order valence-electron chi connectivity index (χ4n) is 3.27. The molecule has 0 saturated carbocycles. The maximum atomic E-state index is 12.4. The number of rotatable bonds is 3. The smallest absolute Gasteiger partial charge is 0.260 e. The minimum absolute atomic E-state index is 0.0340. The van der Waals surface area contributed by atoms with Crippen LogP contribution in [0.3, 0.4) is 0 Å². The molecule has 1 aromatic carbocycles. The SMILES string of the molecule is CC1CC(C)CN(C(=O)COc2ncnc3c(Cl)cc(Cl)cc23)C1. The molecule has 0 radical (unpaired) electrons. The predicted molar refractivity (Wildman–Crippen MR) is 94.6 cm³/mol. The van der Waals surface area contributed by atoms with Gasteiger partial charge in [0.25, 0.3) is 5.91 Å². The van der Waals surface area contributed by atoms with Crippen molar-refractivity contribution in [3.63, 3.8) is 0 Å². The van der Waals surface area contributed by atoms with E-state index >= 15 is 0 Å². The molecule has 0 spiro atoms. The summed E-state index contributed by atoms with van der Waals surface area (Å²) in [4.78, 5) is 22.6. The van der Waals surface area contributed by atoms with Crippen molar-refractivity contribution in [2.24, 2.45) is 11.8 Å². The summed E-state index contributed by atoms with van der Waals surface area (Å²) >= 11 is 12.2. The van der Waals surface area contributed by atoms with Crippen LogP contribution in [-0.4, -0.2) is 40.5 Å². The molecule has 0 N–H and O–H groups in total. The van der Waals surface area contributed by atoms with Crippen molar-refractivity contribution in [2.45, 2.75) is 20.3 Å². The maximum absolute atomic E-state index is 12.4. The Morgan fingerprint density at radius 1 is 1.25 bits per heavy atom. The van der Waals surface area contributed by atoms with E-state index in [1.807, 2.05) is 4.90 Å². The van der Waals surface area contributed by atoms with Gasteiger partial charge in [0.05, 0.1) is 15.9 Å². The van der Waals surface area contributed by atoms with Gasteiger partial charge >= 0.3 is 0 Å². The number of benzene rings is 1. The third-order valence-corrected chi connectivity index (χ3v) is 4.68. The van der Waals surface area contributed by atoms with Crippen LogP contribution in [0.15, 0.2) is 18.5 Å². The van der Waals surface area contributed by atoms with Crippen LogP contribution in [0, 0.1) is 11.8 Å². The minimum atomic E-state index is -0.0598. The Labute approximate surface area is 150 Å². The average molecular weight is 368 g/mol. The van der Waals surface area contributed by atoms with Crippen molar-refractivity contribution in [3.8, 4) is 5.88 Å². The van der Waals surface area contributed by atoms with E-state index in [9.17, 15) is 4.79 Å². The minimum Gasteiger partial charge on any atom is -0.467 e. The molecule has 1 aromatic heterocycles. The van der Waals surface area contributed by atoms with Gasteiger partial charge in [-0.1, -0.05) is 37.0 Å². The lowest BCUT2D eigenvalue weighted by molar-refractivity contribution is -0.136. The molecular weight excluding hydrogens is 349 g/mol. The first-order valence-corrected chi connectivity index (χ1v) is 8.70. The van der Waals surface area contributed by atoms with Crippen molar-refractivity contribution in [1.82, 2.24) is 14.9 Å². The molecular formula is C17H19Cl2N3O2. The fraction of sp³-hybridized carbons (Fsp3) is 0.471. The number of ether oxygens (including phenoxy) is 1. The van der Waals surface area contributed by atoms with Crippen LogP contribution in [0.25, 0.3) is 10.9 Å². The van der Waals surface area contributed by atoms with Gasteiger partial charge in [0.2, 0.25) is 5.88 Å². The number of amides is 1. The Morgan fingerprint density at radius 3 is 2.67 bits per heavy atom. The molecule has 0 aliphatic carbocycles. The summed E-state index contributed by atoms with van der Waals surface area (Å²) in [7, 11) is 0. The number of aromatic nitrogens is 2. The van der Waals surface area contributed by atoms with Crippen LogP contribution in [0.1, 0.15) is 20.3 Å². The summed E-state index contributed by atoms with van der Waals surface area (Å²) in [6.07, 6.45) is 2.52. The number of likely N-dealkylation sites (tertiary alicyclic amines) is 1. The van der Waals surface area contributed by atoms with Crippen molar-refractivity contribution in [3.05, 3.63) is 28.5 Å². The summed E-state index contributed by atoms with van der Waals surface area (Å²) in [6, 6.07) is 3.30. The normalized spacial score (nSPS) is 21.1. The zero-order chi connectivity index (χ0) is 17.3. The van der Waals surface area contributed by atoms with Crippen molar-refractivity contribution in [1.29, 1.82) is 0 Å². The second-order valence-electron chi connectivity index (χ2n) is 6.50. The monoisotopic (exact) mass is 367 g/mol. The van der Waals surface area contributed by atoms with E-state index in [2.05, 4.69) is 23.8 Å². The predicted octanol–water partition coefficient (Wildman–Crippen LogP) is 3.82. The van der Waals surface area contributed by atoms with Crippen molar-refractivity contribution in [2.75, 3.05) is 19.7 Å². The zero-order valence-electron chi connectivity index (χ0n) is 13.6. The molecule has 1 fully saturated rings. The van der Waals surface area contributed by atoms with Gasteiger partial charge in [-0.15, -0.1) is 0 Å². The summed E-state index contributed by atoms with van der Waals surface area (Å²) in [6.45, 7) is 5.82. The van der Waals surface area contributed by atoms with E-state index in [0.717, 1.165) is 19.5 Å². The van der Waals surface area contributed by atoms with Crippen molar-refractivity contribution < 1.29 is 9.53 Å². The highest BCUT2D eigenvalue weighted by atomic mass is 35.5. The first kappa shape index (κ1) is 17.2. The largest absolute Gasteiger partial charge is 0.467 e. The molecule has 0 bridgehead atoms. The number of halogens is 2. The van der Waals surface area contributed by atoms with Crippen molar-refractivity contribution >= 4 is 40.0 Å². The molecule has 2 atom stereocenters. The van der Waals surface area contributed by atoms with Gasteiger partial charge in [0, 0.05) is 18.1 Å². The van der Waals surface area contributed by atoms with Gasteiger partial charge in [-0.25, -0.2) is 9.97 Å². The van der Waals surface area contributed by atoms with Crippen LogP contribution >= 0.6 is 23.2 Å². The lowest BCUT2D eigenvalue weighted by Gasteiger charge is -2.34. The quantitative estimate of drug-likeness (QED) is 0.827. The standard InChI is InChI=1S/C17H19Cl2N3O2/c1-10-3-11(2)7-22(6-10)15(23)8-24-17-13-4-12(18)5-14(19)16(13)20-9-21-17/h4-5,9-11H,3,6-8H2,1-2H3. The Kier molecular flexibility index (Phi) is 5.11. The van der Waals surface area contributed by atoms with E-state index in [1.54, 1.807) is 12.1 Å². The third kappa shape index (κ3) is 3.73. The lowest BCUT2D eigenvalue weighted by atomic mass is 9.92. The van der Waals surface area contributed by atoms with E-state index in [0.29, 0.717) is 38.7 Å². The Bertz CT molecular complexity index is 759. The van der Waals surface area contributed by atoms with Crippen LogP contribution in [-0.2, 0) is 4.79 Å². The van der Waals surface area contributed by atoms with Gasteiger partial charge in [-0.3, -0.25) is 4.79 Å². The molecule has 2 heterocycles. The summed E-state index contributed by atoms with van der Waals surface area (Å²) in [5, 5.41) is 1.50. The molecule has 1 amide bonds. The summed E-state index contributed by atoms with van der Waals surface area (Å²) in [5.41, 5.74) is 0.554. The highest BCUT2D eigenvalue weighted by molar-refractivity contribution is 6.38. The molecule has 1 aliphatic rings. The molecule has 2 unspecified atom stereocenters. The molecule has 1 aliphatic heterocycles. The first-order valence-electron chi connectivity index (χ1n) is 7.94.